The molecule has 0 spiro atoms. The van der Waals surface area contributed by atoms with E-state index >= 15 is 0 Å². The molecule has 17 radical (unpaired) electrons. The van der Waals surface area contributed by atoms with Crippen molar-refractivity contribution in [2.45, 2.75) is 18.9 Å². The van der Waals surface area contributed by atoms with Gasteiger partial charge in [-0.15, -0.1) is 0 Å². The van der Waals surface area contributed by atoms with Crippen molar-refractivity contribution < 1.29 is 5.11 Å². The highest BCUT2D eigenvalue weighted by Gasteiger charge is 2.36. The molecule has 1 saturated heterocycles. The van der Waals surface area contributed by atoms with Crippen LogP contribution in [0.1, 0.15) is 12.8 Å². The Morgan fingerprint density at radius 1 is 0.818 bits per heavy atom. The molecule has 0 aromatic rings. The van der Waals surface area contributed by atoms with Gasteiger partial charge in [0, 0.05) is 107 Å². The Labute approximate surface area is 149 Å². The molecule has 0 bridgehead atoms. The van der Waals surface area contributed by atoms with Crippen LogP contribution in [-0.4, -0.2) is 132 Å². The molecule has 0 aliphatic carbocycles. The van der Waals surface area contributed by atoms with Gasteiger partial charge in [0.15, 0.2) is 0 Å². The van der Waals surface area contributed by atoms with E-state index in [1.807, 2.05) is 0 Å². The van der Waals surface area contributed by atoms with Gasteiger partial charge in [0.25, 0.3) is 0 Å². The summed E-state index contributed by atoms with van der Waals surface area (Å²) in [6, 6.07) is 0. The molecule has 2 nitrogen and oxygen atoms in total. The monoisotopic (exact) mass is 266 g/mol. The Kier molecular flexibility index (Phi) is 12.8. The molecule has 0 saturated carbocycles. The highest BCUT2D eigenvalue weighted by Crippen LogP contribution is 1.99. The van der Waals surface area contributed by atoms with Gasteiger partial charge < -0.3 is 10.4 Å². The summed E-state index contributed by atoms with van der Waals surface area (Å²) in [5.41, 5.74) is 0. The average molecular weight is 263 g/mol. The lowest BCUT2D eigenvalue weighted by Crippen LogP contribution is -2.73. The third-order valence-electron chi connectivity index (χ3n) is 3.75. The van der Waals surface area contributed by atoms with Gasteiger partial charge in [-0.2, -0.15) is 0 Å². The molecule has 1 fully saturated rings. The molecule has 22 heavy (non-hydrogen) atoms. The van der Waals surface area contributed by atoms with Crippen LogP contribution in [0.15, 0.2) is 0 Å². The summed E-state index contributed by atoms with van der Waals surface area (Å²) >= 11 is 0. The third-order valence-corrected chi connectivity index (χ3v) is 3.75. The van der Waals surface area contributed by atoms with E-state index in [9.17, 15) is 0 Å². The van der Waals surface area contributed by atoms with Crippen LogP contribution in [0, 0.1) is 0 Å². The second-order valence-corrected chi connectivity index (χ2v) is 5.64. The molecule has 0 atom stereocenters. The SMILES string of the molecule is OC1CCNCC1.[B][B]B([B])B(B([B])[B])B(B([B])[B])B([B])[B]. The summed E-state index contributed by atoms with van der Waals surface area (Å²) in [7, 11) is 45.8. The van der Waals surface area contributed by atoms with Crippen molar-refractivity contribution in [3.63, 3.8) is 0 Å². The first-order valence-electron chi connectivity index (χ1n) is 7.45. The molecule has 1 aliphatic heterocycles. The first kappa shape index (κ1) is 22.9. The van der Waals surface area contributed by atoms with Gasteiger partial charge in [-0.1, -0.05) is 0 Å². The summed E-state index contributed by atoms with van der Waals surface area (Å²) in [6.07, 6.45) is -1.93. The van der Waals surface area contributed by atoms with E-state index in [4.69, 9.17) is 67.0 Å². The van der Waals surface area contributed by atoms with E-state index in [0.29, 0.717) is 0 Å². The fourth-order valence-electron chi connectivity index (χ4n) is 2.47. The fourth-order valence-corrected chi connectivity index (χ4v) is 2.47. The van der Waals surface area contributed by atoms with Crippen LogP contribution in [0.3, 0.4) is 0 Å². The van der Waals surface area contributed by atoms with E-state index in [1.165, 1.54) is 7.06 Å². The summed E-state index contributed by atoms with van der Waals surface area (Å²) in [6.45, 7) is 1.97. The highest BCUT2D eigenvalue weighted by atomic mass is 16.3. The van der Waals surface area contributed by atoms with Crippen molar-refractivity contribution in [1.29, 1.82) is 0 Å². The van der Waals surface area contributed by atoms with Crippen molar-refractivity contribution in [3.8, 4) is 0 Å². The predicted molar refractivity (Wildman–Crippen MR) is 114 cm³/mol. The minimum absolute atomic E-state index is 0.0266. The van der Waals surface area contributed by atoms with Gasteiger partial charge in [0.05, 0.1) is 6.10 Å². The molecule has 87 valence electrons. The van der Waals surface area contributed by atoms with E-state index in [0.717, 1.165) is 25.9 Å². The molecule has 2 N–H and O–H groups in total. The van der Waals surface area contributed by atoms with Crippen molar-refractivity contribution in [1.82, 2.24) is 5.32 Å². The summed E-state index contributed by atoms with van der Waals surface area (Å²) in [4.78, 5) is 0. The summed E-state index contributed by atoms with van der Waals surface area (Å²) < 4.78 is 0. The highest BCUT2D eigenvalue weighted by molar-refractivity contribution is 8.12. The minimum Gasteiger partial charge on any atom is -0.393 e. The molecule has 0 unspecified atom stereocenters. The van der Waals surface area contributed by atoms with Crippen molar-refractivity contribution >= 4 is 107 Å². The normalized spacial score (nSPS) is 14.0. The number of rotatable bonds is 6. The lowest BCUT2D eigenvalue weighted by molar-refractivity contribution is 0.137. The Balaban J connectivity index is 0.000000518. The Morgan fingerprint density at radius 3 is 1.45 bits per heavy atom. The van der Waals surface area contributed by atoms with Gasteiger partial charge in [-0.25, -0.2) is 0 Å². The van der Waals surface area contributed by atoms with Gasteiger partial charge in [-0.05, 0) is 25.9 Å². The Bertz CT molecular complexity index is 265. The summed E-state index contributed by atoms with van der Waals surface area (Å²) in [5, 5.41) is 12.0. The molecule has 17 heteroatoms. The maximum Gasteiger partial charge on any atom is 0.0564 e. The molecular weight excluding hydrogens is 252 g/mol. The topological polar surface area (TPSA) is 32.3 Å². The maximum absolute atomic E-state index is 8.87. The van der Waals surface area contributed by atoms with Gasteiger partial charge in [0.1, 0.15) is 0 Å². The van der Waals surface area contributed by atoms with Crippen LogP contribution in [-0.2, 0) is 0 Å². The van der Waals surface area contributed by atoms with Crippen LogP contribution in [0.4, 0.5) is 0 Å². The standard InChI is InChI=1S/C5H11NO.B15/c7-5-1-3-6-4-2-5;1-9-13(8)15(12(6)7)14(10(2)3)11(4)5/h5-7H,1-4H2;. The predicted octanol–water partition coefficient (Wildman–Crippen LogP) is -5.98. The molecular formula is C5H11B15NO. The van der Waals surface area contributed by atoms with Gasteiger partial charge >= 0.3 is 0 Å². The van der Waals surface area contributed by atoms with Crippen molar-refractivity contribution in [2.75, 3.05) is 13.1 Å². The number of hydrogen-bond donors (Lipinski definition) is 2. The maximum atomic E-state index is 8.87. The van der Waals surface area contributed by atoms with E-state index < -0.39 is 38.3 Å². The zero-order chi connectivity index (χ0) is 17.3. The second-order valence-electron chi connectivity index (χ2n) is 5.64. The van der Waals surface area contributed by atoms with Crippen LogP contribution in [0.2, 0.25) is 0 Å². The Morgan fingerprint density at radius 2 is 1.23 bits per heavy atom. The first-order valence-corrected chi connectivity index (χ1v) is 7.45. The van der Waals surface area contributed by atoms with Gasteiger partial charge in [0.2, 0.25) is 0 Å². The van der Waals surface area contributed by atoms with Crippen LogP contribution in [0.25, 0.3) is 0 Å². The molecule has 0 aromatic heterocycles. The van der Waals surface area contributed by atoms with Crippen molar-refractivity contribution in [3.05, 3.63) is 0 Å². The number of piperidine rings is 1. The van der Waals surface area contributed by atoms with E-state index in [2.05, 4.69) is 5.32 Å². The molecule has 0 amide bonds. The lowest BCUT2D eigenvalue weighted by Gasteiger charge is -2.35. The van der Waals surface area contributed by atoms with Crippen LogP contribution in [0.5, 0.6) is 0 Å². The molecule has 1 heterocycles. The molecule has 1 aliphatic rings. The number of nitrogens with one attached hydrogen (secondary N) is 1. The quantitative estimate of drug-likeness (QED) is 0.468. The van der Waals surface area contributed by atoms with Crippen LogP contribution >= 0.6 is 0 Å². The Hall–Kier alpha value is 0.894. The summed E-state index contributed by atoms with van der Waals surface area (Å²) in [5.74, 6) is 0. The minimum atomic E-state index is -0.754. The first-order chi connectivity index (χ1) is 10.2. The lowest BCUT2D eigenvalue weighted by atomic mass is 8.46. The zero-order valence-corrected chi connectivity index (χ0v) is 13.0. The van der Waals surface area contributed by atoms with Crippen LogP contribution < -0.4 is 5.32 Å². The van der Waals surface area contributed by atoms with Gasteiger partial charge in [-0.3, -0.25) is 0 Å². The molecule has 0 aromatic carbocycles. The fraction of sp³-hybridized carbons (Fsp3) is 1.00. The van der Waals surface area contributed by atoms with Crippen molar-refractivity contribution in [2.24, 2.45) is 0 Å². The number of aliphatic hydroxyl groups is 1. The zero-order valence-electron chi connectivity index (χ0n) is 13.0. The smallest absolute Gasteiger partial charge is 0.0564 e. The average Bonchev–Trinajstić information content (AvgIpc) is 2.44. The van der Waals surface area contributed by atoms with E-state index in [1.54, 1.807) is 0 Å². The molecule has 1 rings (SSSR count). The largest absolute Gasteiger partial charge is 0.393 e. The second kappa shape index (κ2) is 12.3. The van der Waals surface area contributed by atoms with E-state index in [-0.39, 0.29) is 6.10 Å². The number of aliphatic hydroxyl groups excluding tert-OH is 1. The third kappa shape index (κ3) is 8.66. The number of hydrogen-bond acceptors (Lipinski definition) is 2.